The summed E-state index contributed by atoms with van der Waals surface area (Å²) in [5.74, 6) is 1.51. The summed E-state index contributed by atoms with van der Waals surface area (Å²) >= 11 is 0. The Morgan fingerprint density at radius 3 is 2.46 bits per heavy atom. The van der Waals surface area contributed by atoms with Gasteiger partial charge < -0.3 is 19.9 Å². The number of carbonyl (C=O) groups is 1. The van der Waals surface area contributed by atoms with Gasteiger partial charge in [-0.1, -0.05) is 18.2 Å². The van der Waals surface area contributed by atoms with E-state index in [0.29, 0.717) is 40.4 Å². The largest absolute Gasteiger partial charge is 0.493 e. The molecule has 3 rings (SSSR count). The molecule has 26 heavy (non-hydrogen) atoms. The smallest absolute Gasteiger partial charge is 0.220 e. The molecule has 2 aromatic carbocycles. The van der Waals surface area contributed by atoms with Gasteiger partial charge in [-0.15, -0.1) is 0 Å². The Hall–Kier alpha value is -3.35. The number of nitrogen functional groups attached to an aromatic ring is 1. The van der Waals surface area contributed by atoms with Gasteiger partial charge in [-0.2, -0.15) is 0 Å². The number of aromatic nitrogens is 2. The molecule has 1 heterocycles. The second-order valence-electron chi connectivity index (χ2n) is 5.61. The third-order valence-electron chi connectivity index (χ3n) is 4.05. The number of hydrogen-bond donors (Lipinski definition) is 1. The molecule has 0 radical (unpaired) electrons. The molecule has 7 nitrogen and oxygen atoms in total. The number of methoxy groups -OCH3 is 3. The van der Waals surface area contributed by atoms with Crippen LogP contribution < -0.4 is 19.9 Å². The molecule has 3 aromatic rings. The lowest BCUT2D eigenvalue weighted by Gasteiger charge is -2.16. The number of ether oxygens (including phenoxy) is 3. The van der Waals surface area contributed by atoms with E-state index in [1.807, 2.05) is 18.2 Å². The van der Waals surface area contributed by atoms with Crippen molar-refractivity contribution in [3.8, 4) is 17.2 Å². The van der Waals surface area contributed by atoms with Crippen LogP contribution >= 0.6 is 0 Å². The molecule has 0 aliphatic carbocycles. The molecule has 0 unspecified atom stereocenters. The molecular weight excluding hydrogens is 334 g/mol. The van der Waals surface area contributed by atoms with E-state index in [1.165, 1.54) is 14.2 Å². The molecule has 0 aliphatic rings. The zero-order valence-electron chi connectivity index (χ0n) is 14.8. The number of carbonyl (C=O) groups excluding carboxylic acids is 1. The van der Waals surface area contributed by atoms with E-state index < -0.39 is 0 Å². The van der Waals surface area contributed by atoms with Crippen LogP contribution in [0.3, 0.4) is 0 Å². The summed E-state index contributed by atoms with van der Waals surface area (Å²) in [5, 5.41) is 0.741. The van der Waals surface area contributed by atoms with Crippen molar-refractivity contribution >= 4 is 23.1 Å². The van der Waals surface area contributed by atoms with Crippen molar-refractivity contribution in [3.63, 3.8) is 0 Å². The fourth-order valence-electron chi connectivity index (χ4n) is 2.91. The Labute approximate surface area is 150 Å². The van der Waals surface area contributed by atoms with E-state index in [9.17, 15) is 4.79 Å². The number of hydrogen-bond acceptors (Lipinski definition) is 7. The highest BCUT2D eigenvalue weighted by molar-refractivity contribution is 5.92. The molecule has 0 amide bonds. The molecule has 2 N–H and O–H groups in total. The Morgan fingerprint density at radius 2 is 1.81 bits per heavy atom. The highest BCUT2D eigenvalue weighted by atomic mass is 16.5. The summed E-state index contributed by atoms with van der Waals surface area (Å²) in [6.07, 6.45) is 1.29. The van der Waals surface area contributed by atoms with Crippen LogP contribution in [0.1, 0.15) is 21.6 Å². The lowest BCUT2D eigenvalue weighted by molar-refractivity contribution is 0.112. The van der Waals surface area contributed by atoms with Gasteiger partial charge in [0, 0.05) is 17.4 Å². The zero-order valence-corrected chi connectivity index (χ0v) is 14.8. The van der Waals surface area contributed by atoms with Gasteiger partial charge in [0.1, 0.15) is 11.8 Å². The van der Waals surface area contributed by atoms with Crippen LogP contribution in [0.4, 0.5) is 5.95 Å². The third kappa shape index (κ3) is 3.11. The Balaban J connectivity index is 2.23. The number of fused-ring (bicyclic) bond motifs is 1. The molecular formula is C19H19N3O4. The zero-order chi connectivity index (χ0) is 18.7. The second kappa shape index (κ2) is 7.26. The predicted molar refractivity (Wildman–Crippen MR) is 98.2 cm³/mol. The summed E-state index contributed by atoms with van der Waals surface area (Å²) in [6.45, 7) is 0. The van der Waals surface area contributed by atoms with E-state index in [1.54, 1.807) is 19.2 Å². The van der Waals surface area contributed by atoms with E-state index in [-0.39, 0.29) is 5.95 Å². The van der Waals surface area contributed by atoms with Crippen molar-refractivity contribution in [1.82, 2.24) is 9.97 Å². The van der Waals surface area contributed by atoms with Crippen LogP contribution in [0.5, 0.6) is 17.2 Å². The Morgan fingerprint density at radius 1 is 1.04 bits per heavy atom. The van der Waals surface area contributed by atoms with Gasteiger partial charge >= 0.3 is 0 Å². The predicted octanol–water partition coefficient (Wildman–Crippen LogP) is 2.64. The molecule has 0 bridgehead atoms. The number of aldehydes is 1. The van der Waals surface area contributed by atoms with Crippen LogP contribution in [0, 0.1) is 0 Å². The average molecular weight is 353 g/mol. The minimum Gasteiger partial charge on any atom is -0.493 e. The summed E-state index contributed by atoms with van der Waals surface area (Å²) in [7, 11) is 4.61. The normalized spacial score (nSPS) is 10.6. The number of nitrogens with zero attached hydrogens (tertiary/aromatic N) is 2. The molecule has 0 fully saturated rings. The number of anilines is 1. The van der Waals surface area contributed by atoms with Gasteiger partial charge in [0.2, 0.25) is 11.7 Å². The summed E-state index contributed by atoms with van der Waals surface area (Å²) in [4.78, 5) is 19.7. The molecule has 0 spiro atoms. The quantitative estimate of drug-likeness (QED) is 0.680. The maximum Gasteiger partial charge on any atom is 0.220 e. The molecule has 134 valence electrons. The lowest BCUT2D eigenvalue weighted by atomic mass is 10.0. The van der Waals surface area contributed by atoms with Crippen molar-refractivity contribution < 1.29 is 19.0 Å². The molecule has 0 aliphatic heterocycles. The van der Waals surface area contributed by atoms with Crippen molar-refractivity contribution in [2.45, 2.75) is 6.42 Å². The minimum atomic E-state index is 0.129. The first kappa shape index (κ1) is 17.5. The highest BCUT2D eigenvalue weighted by Crippen LogP contribution is 2.43. The fourth-order valence-corrected chi connectivity index (χ4v) is 2.91. The summed E-state index contributed by atoms with van der Waals surface area (Å²) in [6, 6.07) is 9.12. The standard InChI is InChI=1S/C19H19N3O4/c1-24-15-9-13-14(8-11-5-4-6-12(7-11)10-23)21-19(20)22-16(13)18(26-3)17(15)25-2/h4-7,9-10H,8H2,1-3H3,(H2,20,21,22). The summed E-state index contributed by atoms with van der Waals surface area (Å²) in [5.41, 5.74) is 8.69. The van der Waals surface area contributed by atoms with Gasteiger partial charge in [-0.05, 0) is 17.7 Å². The molecule has 7 heteroatoms. The number of benzene rings is 2. The minimum absolute atomic E-state index is 0.129. The lowest BCUT2D eigenvalue weighted by Crippen LogP contribution is -2.05. The second-order valence-corrected chi connectivity index (χ2v) is 5.61. The number of rotatable bonds is 6. The first-order valence-electron chi connectivity index (χ1n) is 7.90. The molecule has 1 aromatic heterocycles. The van der Waals surface area contributed by atoms with Gasteiger partial charge in [0.15, 0.2) is 11.5 Å². The van der Waals surface area contributed by atoms with Crippen LogP contribution in [0.25, 0.3) is 10.9 Å². The van der Waals surface area contributed by atoms with Gasteiger partial charge in [0.05, 0.1) is 27.0 Å². The maximum absolute atomic E-state index is 11.0. The average Bonchev–Trinajstić information content (AvgIpc) is 2.66. The van der Waals surface area contributed by atoms with Crippen molar-refractivity contribution in [2.75, 3.05) is 27.1 Å². The Kier molecular flexibility index (Phi) is 4.88. The molecule has 0 saturated carbocycles. The van der Waals surface area contributed by atoms with E-state index in [4.69, 9.17) is 19.9 Å². The summed E-state index contributed by atoms with van der Waals surface area (Å²) < 4.78 is 16.3. The van der Waals surface area contributed by atoms with Crippen LogP contribution in [-0.4, -0.2) is 37.6 Å². The Bertz CT molecular complexity index is 973. The highest BCUT2D eigenvalue weighted by Gasteiger charge is 2.20. The molecule has 0 atom stereocenters. The van der Waals surface area contributed by atoms with Gasteiger partial charge in [-0.25, -0.2) is 9.97 Å². The third-order valence-corrected chi connectivity index (χ3v) is 4.05. The van der Waals surface area contributed by atoms with E-state index in [0.717, 1.165) is 17.2 Å². The maximum atomic E-state index is 11.0. The van der Waals surface area contributed by atoms with Crippen LogP contribution in [-0.2, 0) is 6.42 Å². The first-order valence-corrected chi connectivity index (χ1v) is 7.90. The van der Waals surface area contributed by atoms with Crippen molar-refractivity contribution in [2.24, 2.45) is 0 Å². The fraction of sp³-hybridized carbons (Fsp3) is 0.211. The molecule has 0 saturated heterocycles. The van der Waals surface area contributed by atoms with Crippen molar-refractivity contribution in [1.29, 1.82) is 0 Å². The van der Waals surface area contributed by atoms with Crippen molar-refractivity contribution in [3.05, 3.63) is 47.2 Å². The van der Waals surface area contributed by atoms with E-state index >= 15 is 0 Å². The SMILES string of the molecule is COc1cc2c(Cc3cccc(C=O)c3)nc(N)nc2c(OC)c1OC. The topological polar surface area (TPSA) is 96.6 Å². The monoisotopic (exact) mass is 353 g/mol. The van der Waals surface area contributed by atoms with Crippen LogP contribution in [0.2, 0.25) is 0 Å². The van der Waals surface area contributed by atoms with Gasteiger partial charge in [0.25, 0.3) is 0 Å². The first-order chi connectivity index (χ1) is 12.6. The number of nitrogens with two attached hydrogens (primary N) is 1. The van der Waals surface area contributed by atoms with E-state index in [2.05, 4.69) is 9.97 Å². The van der Waals surface area contributed by atoms with Crippen LogP contribution in [0.15, 0.2) is 30.3 Å². The van der Waals surface area contributed by atoms with Gasteiger partial charge in [-0.3, -0.25) is 4.79 Å².